The monoisotopic (exact) mass is 394 g/mol. The Labute approximate surface area is 172 Å². The van der Waals surface area contributed by atoms with Gasteiger partial charge in [0.25, 0.3) is 0 Å². The number of unbranched alkanes of at least 4 members (excludes halogenated alkanes) is 1. The Balaban J connectivity index is 1.35. The van der Waals surface area contributed by atoms with Crippen molar-refractivity contribution in [2.45, 2.75) is 32.6 Å². The Morgan fingerprint density at radius 1 is 1.00 bits per heavy atom. The van der Waals surface area contributed by atoms with Crippen LogP contribution in [0.5, 0.6) is 0 Å². The zero-order chi connectivity index (χ0) is 20.5. The average molecular weight is 395 g/mol. The van der Waals surface area contributed by atoms with Crippen LogP contribution in [0.2, 0.25) is 0 Å². The van der Waals surface area contributed by atoms with Crippen LogP contribution in [0.15, 0.2) is 48.8 Å². The lowest BCUT2D eigenvalue weighted by atomic mass is 10.1. The fourth-order valence-electron chi connectivity index (χ4n) is 3.63. The second-order valence-electron chi connectivity index (χ2n) is 7.53. The molecule has 154 valence electrons. The molecule has 1 aliphatic rings. The highest BCUT2D eigenvalue weighted by atomic mass is 16.2. The summed E-state index contributed by atoms with van der Waals surface area (Å²) in [6.07, 6.45) is 6.99. The van der Waals surface area contributed by atoms with Crippen LogP contribution in [0.25, 0.3) is 11.1 Å². The third-order valence-electron chi connectivity index (χ3n) is 5.33. The van der Waals surface area contributed by atoms with Gasteiger partial charge in [-0.2, -0.15) is 0 Å². The van der Waals surface area contributed by atoms with Gasteiger partial charge < -0.3 is 15.1 Å². The summed E-state index contributed by atoms with van der Waals surface area (Å²) in [5, 5.41) is 2.97. The summed E-state index contributed by atoms with van der Waals surface area (Å²) in [6, 6.07) is 11.8. The minimum Gasteiger partial charge on any atom is -0.342 e. The summed E-state index contributed by atoms with van der Waals surface area (Å²) >= 11 is 0. The summed E-state index contributed by atoms with van der Waals surface area (Å²) in [7, 11) is 0. The Kier molecular flexibility index (Phi) is 7.76. The van der Waals surface area contributed by atoms with Gasteiger partial charge >= 0.3 is 0 Å². The predicted molar refractivity (Wildman–Crippen MR) is 115 cm³/mol. The van der Waals surface area contributed by atoms with Gasteiger partial charge in [0, 0.05) is 51.1 Å². The molecule has 0 radical (unpaired) electrons. The summed E-state index contributed by atoms with van der Waals surface area (Å²) in [5.41, 5.74) is 2.96. The molecule has 1 saturated heterocycles. The van der Waals surface area contributed by atoms with Gasteiger partial charge in [-0.05, 0) is 61.7 Å². The molecule has 1 aliphatic heterocycles. The average Bonchev–Trinajstić information content (AvgIpc) is 2.98. The van der Waals surface area contributed by atoms with E-state index in [0.29, 0.717) is 6.42 Å². The number of anilines is 1. The number of benzene rings is 1. The molecular weight excluding hydrogens is 364 g/mol. The van der Waals surface area contributed by atoms with Crippen LogP contribution < -0.4 is 5.32 Å². The summed E-state index contributed by atoms with van der Waals surface area (Å²) in [5.74, 6) is 0.217. The van der Waals surface area contributed by atoms with Crippen LogP contribution in [-0.4, -0.2) is 59.3 Å². The van der Waals surface area contributed by atoms with Crippen LogP contribution in [0.4, 0.5) is 5.69 Å². The molecule has 1 aromatic carbocycles. The van der Waals surface area contributed by atoms with Crippen molar-refractivity contribution in [3.63, 3.8) is 0 Å². The topological polar surface area (TPSA) is 65.5 Å². The molecule has 6 heteroatoms. The number of hydrogen-bond acceptors (Lipinski definition) is 4. The van der Waals surface area contributed by atoms with Gasteiger partial charge in [-0.3, -0.25) is 14.6 Å². The number of amides is 2. The maximum atomic E-state index is 12.2. The minimum atomic E-state index is 0.0535. The van der Waals surface area contributed by atoms with E-state index >= 15 is 0 Å². The van der Waals surface area contributed by atoms with Crippen molar-refractivity contribution in [3.8, 4) is 11.1 Å². The molecule has 1 fully saturated rings. The standard InChI is InChI=1S/C23H30N4O2/c1-19(28)27-15-5-14-26(16-17-27)13-3-2-7-23(29)25-22-10-8-20(9-11-22)21-6-4-12-24-18-21/h4,6,8-12,18H,2-3,5,7,13-17H2,1H3,(H,25,29). The molecule has 3 rings (SSSR count). The van der Waals surface area contributed by atoms with E-state index in [0.717, 1.165) is 68.8 Å². The molecular formula is C23H30N4O2. The van der Waals surface area contributed by atoms with Crippen LogP contribution in [0.3, 0.4) is 0 Å². The zero-order valence-corrected chi connectivity index (χ0v) is 17.1. The molecule has 2 amide bonds. The summed E-state index contributed by atoms with van der Waals surface area (Å²) < 4.78 is 0. The molecule has 0 saturated carbocycles. The third-order valence-corrected chi connectivity index (χ3v) is 5.33. The molecule has 1 N–H and O–H groups in total. The van der Waals surface area contributed by atoms with Crippen molar-refractivity contribution in [2.24, 2.45) is 0 Å². The number of hydrogen-bond donors (Lipinski definition) is 1. The molecule has 0 spiro atoms. The van der Waals surface area contributed by atoms with E-state index in [-0.39, 0.29) is 11.8 Å². The SMILES string of the molecule is CC(=O)N1CCCN(CCCCC(=O)Nc2ccc(-c3cccnc3)cc2)CC1. The van der Waals surface area contributed by atoms with Crippen LogP contribution in [-0.2, 0) is 9.59 Å². The van der Waals surface area contributed by atoms with Gasteiger partial charge in [-0.25, -0.2) is 0 Å². The minimum absolute atomic E-state index is 0.0535. The van der Waals surface area contributed by atoms with Gasteiger partial charge in [0.05, 0.1) is 0 Å². The van der Waals surface area contributed by atoms with Gasteiger partial charge in [0.15, 0.2) is 0 Å². The van der Waals surface area contributed by atoms with Gasteiger partial charge in [0.1, 0.15) is 0 Å². The van der Waals surface area contributed by atoms with Crippen molar-refractivity contribution in [1.29, 1.82) is 0 Å². The Morgan fingerprint density at radius 3 is 2.55 bits per heavy atom. The van der Waals surface area contributed by atoms with Crippen molar-refractivity contribution < 1.29 is 9.59 Å². The normalized spacial score (nSPS) is 15.0. The quantitative estimate of drug-likeness (QED) is 0.731. The first-order valence-corrected chi connectivity index (χ1v) is 10.4. The van der Waals surface area contributed by atoms with E-state index < -0.39 is 0 Å². The highest BCUT2D eigenvalue weighted by Crippen LogP contribution is 2.20. The molecule has 2 heterocycles. The predicted octanol–water partition coefficient (Wildman–Crippen LogP) is 3.41. The summed E-state index contributed by atoms with van der Waals surface area (Å²) in [4.78, 5) is 32.2. The largest absolute Gasteiger partial charge is 0.342 e. The lowest BCUT2D eigenvalue weighted by Crippen LogP contribution is -2.34. The second kappa shape index (κ2) is 10.7. The molecule has 6 nitrogen and oxygen atoms in total. The molecule has 0 atom stereocenters. The first-order valence-electron chi connectivity index (χ1n) is 10.4. The number of nitrogens with zero attached hydrogens (tertiary/aromatic N) is 3. The third kappa shape index (κ3) is 6.68. The van der Waals surface area contributed by atoms with Gasteiger partial charge in [-0.15, -0.1) is 0 Å². The van der Waals surface area contributed by atoms with Crippen molar-refractivity contribution in [3.05, 3.63) is 48.8 Å². The number of aromatic nitrogens is 1. The molecule has 2 aromatic rings. The fourth-order valence-corrected chi connectivity index (χ4v) is 3.63. The maximum Gasteiger partial charge on any atom is 0.224 e. The van der Waals surface area contributed by atoms with Crippen LogP contribution >= 0.6 is 0 Å². The lowest BCUT2D eigenvalue weighted by Gasteiger charge is -2.20. The number of nitrogens with one attached hydrogen (secondary N) is 1. The first-order chi connectivity index (χ1) is 14.1. The zero-order valence-electron chi connectivity index (χ0n) is 17.1. The Bertz CT molecular complexity index is 792. The molecule has 29 heavy (non-hydrogen) atoms. The Morgan fingerprint density at radius 2 is 1.83 bits per heavy atom. The summed E-state index contributed by atoms with van der Waals surface area (Å²) in [6.45, 7) is 6.24. The van der Waals surface area contributed by atoms with Crippen LogP contribution in [0, 0.1) is 0 Å². The van der Waals surface area contributed by atoms with Gasteiger partial charge in [0.2, 0.25) is 11.8 Å². The van der Waals surface area contributed by atoms with E-state index in [2.05, 4.69) is 15.2 Å². The number of carbonyl (C=O) groups excluding carboxylic acids is 2. The highest BCUT2D eigenvalue weighted by molar-refractivity contribution is 5.90. The molecule has 0 bridgehead atoms. The molecule has 0 unspecified atom stereocenters. The second-order valence-corrected chi connectivity index (χ2v) is 7.53. The number of pyridine rings is 1. The Hall–Kier alpha value is -2.73. The molecule has 1 aromatic heterocycles. The van der Waals surface area contributed by atoms with Crippen LogP contribution in [0.1, 0.15) is 32.6 Å². The smallest absolute Gasteiger partial charge is 0.224 e. The first kappa shape index (κ1) is 21.0. The van der Waals surface area contributed by atoms with Crippen molar-refractivity contribution in [1.82, 2.24) is 14.8 Å². The van der Waals surface area contributed by atoms with E-state index in [1.54, 1.807) is 13.1 Å². The number of rotatable bonds is 7. The number of carbonyl (C=O) groups is 2. The van der Waals surface area contributed by atoms with E-state index in [9.17, 15) is 9.59 Å². The van der Waals surface area contributed by atoms with Crippen molar-refractivity contribution >= 4 is 17.5 Å². The lowest BCUT2D eigenvalue weighted by molar-refractivity contribution is -0.128. The highest BCUT2D eigenvalue weighted by Gasteiger charge is 2.16. The van der Waals surface area contributed by atoms with E-state index in [1.807, 2.05) is 47.5 Å². The maximum absolute atomic E-state index is 12.2. The van der Waals surface area contributed by atoms with Crippen molar-refractivity contribution in [2.75, 3.05) is 38.0 Å². The van der Waals surface area contributed by atoms with E-state index in [4.69, 9.17) is 0 Å². The van der Waals surface area contributed by atoms with E-state index in [1.165, 1.54) is 0 Å². The fraction of sp³-hybridized carbons (Fsp3) is 0.435. The molecule has 0 aliphatic carbocycles. The van der Waals surface area contributed by atoms with Gasteiger partial charge in [-0.1, -0.05) is 18.2 Å².